The highest BCUT2D eigenvalue weighted by Crippen LogP contribution is 2.22. The summed E-state index contributed by atoms with van der Waals surface area (Å²) in [6.07, 6.45) is 1.77. The molecule has 7 heteroatoms. The molecule has 2 heterocycles. The van der Waals surface area contributed by atoms with Crippen LogP contribution < -0.4 is 4.90 Å². The molecule has 1 aromatic heterocycles. The molecule has 1 fully saturated rings. The van der Waals surface area contributed by atoms with E-state index in [4.69, 9.17) is 0 Å². The quantitative estimate of drug-likeness (QED) is 0.865. The largest absolute Gasteiger partial charge is 0.345 e. The lowest BCUT2D eigenvalue weighted by Crippen LogP contribution is -2.48. The lowest BCUT2D eigenvalue weighted by molar-refractivity contribution is 0.385. The van der Waals surface area contributed by atoms with Crippen LogP contribution >= 0.6 is 11.3 Å². The fourth-order valence-electron chi connectivity index (χ4n) is 2.23. The fourth-order valence-corrected chi connectivity index (χ4v) is 4.37. The smallest absolute Gasteiger partial charge is 0.243 e. The van der Waals surface area contributed by atoms with Crippen LogP contribution in [0.5, 0.6) is 0 Å². The van der Waals surface area contributed by atoms with Crippen molar-refractivity contribution >= 4 is 26.5 Å². The summed E-state index contributed by atoms with van der Waals surface area (Å²) in [7, 11) is -3.36. The van der Waals surface area contributed by atoms with Gasteiger partial charge in [-0.15, -0.1) is 11.3 Å². The van der Waals surface area contributed by atoms with E-state index in [1.807, 2.05) is 11.4 Å². The Morgan fingerprint density at radius 1 is 1.05 bits per heavy atom. The first-order chi connectivity index (χ1) is 9.68. The zero-order valence-corrected chi connectivity index (χ0v) is 12.5. The van der Waals surface area contributed by atoms with Crippen LogP contribution in [0.2, 0.25) is 0 Å². The number of benzene rings is 1. The van der Waals surface area contributed by atoms with Crippen molar-refractivity contribution < 1.29 is 8.42 Å². The van der Waals surface area contributed by atoms with Gasteiger partial charge >= 0.3 is 0 Å². The van der Waals surface area contributed by atoms with Crippen molar-refractivity contribution in [2.24, 2.45) is 0 Å². The molecule has 0 unspecified atom stereocenters. The van der Waals surface area contributed by atoms with E-state index < -0.39 is 10.0 Å². The Bertz CT molecular complexity index is 648. The molecule has 3 rings (SSSR count). The van der Waals surface area contributed by atoms with Gasteiger partial charge in [0.2, 0.25) is 10.0 Å². The summed E-state index contributed by atoms with van der Waals surface area (Å²) < 4.78 is 26.5. The summed E-state index contributed by atoms with van der Waals surface area (Å²) in [6, 6.07) is 8.60. The van der Waals surface area contributed by atoms with E-state index in [0.29, 0.717) is 31.1 Å². The minimum atomic E-state index is -3.36. The summed E-state index contributed by atoms with van der Waals surface area (Å²) in [4.78, 5) is 6.75. The highest BCUT2D eigenvalue weighted by molar-refractivity contribution is 7.89. The number of aromatic nitrogens is 1. The number of piperazine rings is 1. The normalized spacial score (nSPS) is 17.3. The molecule has 0 saturated carbocycles. The minimum Gasteiger partial charge on any atom is -0.345 e. The van der Waals surface area contributed by atoms with Crippen LogP contribution in [-0.4, -0.2) is 43.9 Å². The van der Waals surface area contributed by atoms with E-state index in [1.165, 1.54) is 0 Å². The van der Waals surface area contributed by atoms with E-state index in [9.17, 15) is 8.42 Å². The van der Waals surface area contributed by atoms with E-state index in [2.05, 4.69) is 9.88 Å². The van der Waals surface area contributed by atoms with Crippen molar-refractivity contribution in [1.29, 1.82) is 0 Å². The maximum atomic E-state index is 12.5. The van der Waals surface area contributed by atoms with Crippen LogP contribution in [0.4, 0.5) is 5.13 Å². The zero-order valence-electron chi connectivity index (χ0n) is 10.8. The van der Waals surface area contributed by atoms with Crippen molar-refractivity contribution in [3.63, 3.8) is 0 Å². The second kappa shape index (κ2) is 5.51. The van der Waals surface area contributed by atoms with Gasteiger partial charge in [-0.05, 0) is 12.1 Å². The Balaban J connectivity index is 1.72. The average molecular weight is 309 g/mol. The molecule has 0 atom stereocenters. The number of hydrogen-bond donors (Lipinski definition) is 0. The number of anilines is 1. The highest BCUT2D eigenvalue weighted by atomic mass is 32.2. The van der Waals surface area contributed by atoms with Crippen LogP contribution in [0, 0.1) is 0 Å². The summed E-state index contributed by atoms with van der Waals surface area (Å²) in [6.45, 7) is 2.35. The fraction of sp³-hybridized carbons (Fsp3) is 0.308. The van der Waals surface area contributed by atoms with Gasteiger partial charge in [0, 0.05) is 37.8 Å². The van der Waals surface area contributed by atoms with Gasteiger partial charge in [0.15, 0.2) is 5.13 Å². The maximum absolute atomic E-state index is 12.5. The van der Waals surface area contributed by atoms with Crippen molar-refractivity contribution in [3.8, 4) is 0 Å². The van der Waals surface area contributed by atoms with E-state index in [0.717, 1.165) is 5.13 Å². The van der Waals surface area contributed by atoms with Crippen LogP contribution in [0.15, 0.2) is 46.8 Å². The Hall–Kier alpha value is -1.44. The van der Waals surface area contributed by atoms with Crippen molar-refractivity contribution in [3.05, 3.63) is 41.9 Å². The molecule has 106 valence electrons. The van der Waals surface area contributed by atoms with Crippen LogP contribution in [-0.2, 0) is 10.0 Å². The van der Waals surface area contributed by atoms with Gasteiger partial charge in [-0.2, -0.15) is 4.31 Å². The number of rotatable bonds is 3. The molecule has 2 aromatic rings. The zero-order chi connectivity index (χ0) is 14.0. The highest BCUT2D eigenvalue weighted by Gasteiger charge is 2.28. The predicted octanol–water partition coefficient (Wildman–Crippen LogP) is 1.65. The average Bonchev–Trinajstić information content (AvgIpc) is 3.02. The third-order valence-corrected chi connectivity index (χ3v) is 6.05. The SMILES string of the molecule is O=S(=O)(c1ccccc1)N1CCN(c2nccs2)CC1. The monoisotopic (exact) mass is 309 g/mol. The Morgan fingerprint density at radius 2 is 1.75 bits per heavy atom. The van der Waals surface area contributed by atoms with Crippen LogP contribution in [0.25, 0.3) is 0 Å². The molecule has 1 saturated heterocycles. The third kappa shape index (κ3) is 2.56. The van der Waals surface area contributed by atoms with Gasteiger partial charge in [-0.1, -0.05) is 18.2 Å². The molecule has 1 aliphatic rings. The molecule has 0 aliphatic carbocycles. The Kier molecular flexibility index (Phi) is 3.73. The number of nitrogens with zero attached hydrogens (tertiary/aromatic N) is 3. The number of sulfonamides is 1. The molecule has 0 N–H and O–H groups in total. The molecule has 1 aliphatic heterocycles. The van der Waals surface area contributed by atoms with Gasteiger partial charge in [-0.25, -0.2) is 13.4 Å². The van der Waals surface area contributed by atoms with Gasteiger partial charge in [-0.3, -0.25) is 0 Å². The standard InChI is InChI=1S/C13H15N3O2S2/c17-20(18,12-4-2-1-3-5-12)16-9-7-15(8-10-16)13-14-6-11-19-13/h1-6,11H,7-10H2. The minimum absolute atomic E-state index is 0.364. The van der Waals surface area contributed by atoms with Crippen LogP contribution in [0.3, 0.4) is 0 Å². The molecule has 0 amide bonds. The third-order valence-electron chi connectivity index (χ3n) is 3.31. The summed E-state index contributed by atoms with van der Waals surface area (Å²) >= 11 is 1.58. The molecule has 1 aromatic carbocycles. The van der Waals surface area contributed by atoms with Gasteiger partial charge in [0.25, 0.3) is 0 Å². The lowest BCUT2D eigenvalue weighted by Gasteiger charge is -2.33. The molecule has 0 spiro atoms. The maximum Gasteiger partial charge on any atom is 0.243 e. The molecule has 0 bridgehead atoms. The van der Waals surface area contributed by atoms with Gasteiger partial charge < -0.3 is 4.90 Å². The summed E-state index contributed by atoms with van der Waals surface area (Å²) in [5.74, 6) is 0. The van der Waals surface area contributed by atoms with E-state index in [1.54, 1.807) is 46.1 Å². The molecular formula is C13H15N3O2S2. The molecular weight excluding hydrogens is 294 g/mol. The first-order valence-corrected chi connectivity index (χ1v) is 8.69. The topological polar surface area (TPSA) is 53.5 Å². The van der Waals surface area contributed by atoms with E-state index in [-0.39, 0.29) is 0 Å². The lowest BCUT2D eigenvalue weighted by atomic mass is 10.4. The van der Waals surface area contributed by atoms with Gasteiger partial charge in [0.05, 0.1) is 4.90 Å². The number of thiazole rings is 1. The van der Waals surface area contributed by atoms with Crippen molar-refractivity contribution in [2.75, 3.05) is 31.1 Å². The second-order valence-electron chi connectivity index (χ2n) is 4.52. The molecule has 20 heavy (non-hydrogen) atoms. The van der Waals surface area contributed by atoms with Crippen molar-refractivity contribution in [2.45, 2.75) is 4.90 Å². The molecule has 5 nitrogen and oxygen atoms in total. The molecule has 0 radical (unpaired) electrons. The Labute approximate surface area is 122 Å². The van der Waals surface area contributed by atoms with Crippen LogP contribution in [0.1, 0.15) is 0 Å². The first-order valence-electron chi connectivity index (χ1n) is 6.37. The Morgan fingerprint density at radius 3 is 2.35 bits per heavy atom. The van der Waals surface area contributed by atoms with E-state index >= 15 is 0 Å². The number of hydrogen-bond acceptors (Lipinski definition) is 5. The van der Waals surface area contributed by atoms with Crippen molar-refractivity contribution in [1.82, 2.24) is 9.29 Å². The summed E-state index contributed by atoms with van der Waals surface area (Å²) in [5.41, 5.74) is 0. The predicted molar refractivity (Wildman–Crippen MR) is 79.5 cm³/mol. The summed E-state index contributed by atoms with van der Waals surface area (Å²) in [5, 5.41) is 2.89. The second-order valence-corrected chi connectivity index (χ2v) is 7.33. The van der Waals surface area contributed by atoms with Gasteiger partial charge in [0.1, 0.15) is 0 Å². The first kappa shape index (κ1) is 13.5.